The van der Waals surface area contributed by atoms with Crippen molar-refractivity contribution < 1.29 is 13.2 Å². The molecular weight excluding hydrogens is 242 g/mol. The number of rotatable bonds is 10. The molecule has 0 unspecified atom stereocenters. The van der Waals surface area contributed by atoms with Crippen LogP contribution in [0.15, 0.2) is 0 Å². The van der Waals surface area contributed by atoms with Gasteiger partial charge in [0.25, 0.3) is 10.2 Å². The fourth-order valence-corrected chi connectivity index (χ4v) is 2.11. The highest BCUT2D eigenvalue weighted by atomic mass is 32.2. The average Bonchev–Trinajstić information content (AvgIpc) is 2.24. The van der Waals surface area contributed by atoms with E-state index in [0.29, 0.717) is 19.7 Å². The third kappa shape index (κ3) is 8.50. The third-order valence-corrected chi connectivity index (χ3v) is 3.72. The Morgan fingerprint density at radius 3 is 2.47 bits per heavy atom. The van der Waals surface area contributed by atoms with E-state index in [1.807, 2.05) is 20.9 Å². The van der Waals surface area contributed by atoms with Gasteiger partial charge >= 0.3 is 0 Å². The van der Waals surface area contributed by atoms with E-state index in [1.165, 1.54) is 4.31 Å². The normalized spacial score (nSPS) is 12.6. The smallest absolute Gasteiger partial charge is 0.279 e. The molecule has 0 rings (SSSR count). The van der Waals surface area contributed by atoms with Crippen LogP contribution in [-0.4, -0.2) is 59.2 Å². The van der Waals surface area contributed by atoms with Gasteiger partial charge in [0.2, 0.25) is 0 Å². The Hall–Kier alpha value is -0.210. The van der Waals surface area contributed by atoms with E-state index in [-0.39, 0.29) is 6.10 Å². The van der Waals surface area contributed by atoms with Crippen LogP contribution in [0, 0.1) is 0 Å². The van der Waals surface area contributed by atoms with Gasteiger partial charge in [0.1, 0.15) is 0 Å². The van der Waals surface area contributed by atoms with Crippen LogP contribution in [0.4, 0.5) is 0 Å². The van der Waals surface area contributed by atoms with Gasteiger partial charge in [0, 0.05) is 20.1 Å². The molecule has 0 spiro atoms. The second-order valence-corrected chi connectivity index (χ2v) is 5.96. The molecule has 0 heterocycles. The summed E-state index contributed by atoms with van der Waals surface area (Å²) in [6, 6.07) is 0. The number of hydrogen-bond acceptors (Lipinski definition) is 4. The first kappa shape index (κ1) is 16.8. The Kier molecular flexibility index (Phi) is 8.71. The van der Waals surface area contributed by atoms with Gasteiger partial charge in [0.05, 0.1) is 12.7 Å². The predicted octanol–water partition coefficient (Wildman–Crippen LogP) is -0.213. The molecular formula is C10H25N3O3S. The van der Waals surface area contributed by atoms with Crippen LogP contribution >= 0.6 is 0 Å². The molecule has 104 valence electrons. The Labute approximate surface area is 105 Å². The highest BCUT2D eigenvalue weighted by Crippen LogP contribution is 1.95. The van der Waals surface area contributed by atoms with Gasteiger partial charge in [-0.2, -0.15) is 17.4 Å². The van der Waals surface area contributed by atoms with Crippen LogP contribution in [0.25, 0.3) is 0 Å². The van der Waals surface area contributed by atoms with Gasteiger partial charge in [-0.15, -0.1) is 0 Å². The zero-order valence-corrected chi connectivity index (χ0v) is 12.0. The lowest BCUT2D eigenvalue weighted by Gasteiger charge is -2.17. The highest BCUT2D eigenvalue weighted by Gasteiger charge is 2.15. The summed E-state index contributed by atoms with van der Waals surface area (Å²) in [5.74, 6) is 0. The third-order valence-electron chi connectivity index (χ3n) is 2.15. The summed E-state index contributed by atoms with van der Waals surface area (Å²) < 4.78 is 32.5. The SMILES string of the molecule is CNCCCN(C)S(=O)(=O)NCCOC(C)C. The molecule has 0 aromatic carbocycles. The van der Waals surface area contributed by atoms with Gasteiger partial charge in [-0.1, -0.05) is 0 Å². The molecule has 0 aliphatic rings. The minimum Gasteiger partial charge on any atom is -0.377 e. The van der Waals surface area contributed by atoms with E-state index in [1.54, 1.807) is 7.05 Å². The summed E-state index contributed by atoms with van der Waals surface area (Å²) in [5.41, 5.74) is 0. The zero-order chi connectivity index (χ0) is 13.3. The summed E-state index contributed by atoms with van der Waals surface area (Å²) in [5, 5.41) is 2.98. The van der Waals surface area contributed by atoms with Gasteiger partial charge < -0.3 is 10.1 Å². The minimum atomic E-state index is -3.36. The van der Waals surface area contributed by atoms with E-state index in [4.69, 9.17) is 4.74 Å². The Morgan fingerprint density at radius 1 is 1.29 bits per heavy atom. The number of nitrogens with one attached hydrogen (secondary N) is 2. The van der Waals surface area contributed by atoms with Crippen LogP contribution in [0.2, 0.25) is 0 Å². The fourth-order valence-electron chi connectivity index (χ4n) is 1.17. The van der Waals surface area contributed by atoms with Crippen molar-refractivity contribution in [2.75, 3.05) is 40.3 Å². The Morgan fingerprint density at radius 2 is 1.94 bits per heavy atom. The quantitative estimate of drug-likeness (QED) is 0.537. The van der Waals surface area contributed by atoms with Gasteiger partial charge in [-0.3, -0.25) is 0 Å². The molecule has 0 saturated carbocycles. The maximum Gasteiger partial charge on any atom is 0.279 e. The van der Waals surface area contributed by atoms with E-state index in [9.17, 15) is 8.42 Å². The largest absolute Gasteiger partial charge is 0.377 e. The first-order chi connectivity index (χ1) is 7.90. The molecule has 6 nitrogen and oxygen atoms in total. The lowest BCUT2D eigenvalue weighted by molar-refractivity contribution is 0.0832. The molecule has 0 aromatic heterocycles. The van der Waals surface area contributed by atoms with E-state index < -0.39 is 10.2 Å². The molecule has 7 heteroatoms. The lowest BCUT2D eigenvalue weighted by Crippen LogP contribution is -2.40. The van der Waals surface area contributed by atoms with Crippen molar-refractivity contribution in [1.29, 1.82) is 0 Å². The zero-order valence-electron chi connectivity index (χ0n) is 11.2. The average molecular weight is 267 g/mol. The van der Waals surface area contributed by atoms with Gasteiger partial charge in [-0.25, -0.2) is 0 Å². The van der Waals surface area contributed by atoms with Crippen molar-refractivity contribution in [2.45, 2.75) is 26.4 Å². The number of nitrogens with zero attached hydrogens (tertiary/aromatic N) is 1. The second-order valence-electron chi connectivity index (χ2n) is 4.10. The summed E-state index contributed by atoms with van der Waals surface area (Å²) in [6.07, 6.45) is 0.906. The molecule has 0 radical (unpaired) electrons. The summed E-state index contributed by atoms with van der Waals surface area (Å²) in [6.45, 7) is 5.83. The molecule has 0 fully saturated rings. The molecule has 0 saturated heterocycles. The number of hydrogen-bond donors (Lipinski definition) is 2. The van der Waals surface area contributed by atoms with Crippen molar-refractivity contribution in [3.05, 3.63) is 0 Å². The molecule has 0 aromatic rings. The van der Waals surface area contributed by atoms with E-state index in [0.717, 1.165) is 13.0 Å². The monoisotopic (exact) mass is 267 g/mol. The number of ether oxygens (including phenoxy) is 1. The van der Waals surface area contributed by atoms with Crippen molar-refractivity contribution in [1.82, 2.24) is 14.3 Å². The molecule has 0 aliphatic carbocycles. The molecule has 0 amide bonds. The molecule has 0 bridgehead atoms. The van der Waals surface area contributed by atoms with Gasteiger partial charge in [0.15, 0.2) is 0 Å². The standard InChI is InChI=1S/C10H25N3O3S/c1-10(2)16-9-7-12-17(14,15)13(4)8-5-6-11-3/h10-12H,5-9H2,1-4H3. The second kappa shape index (κ2) is 8.82. The molecule has 0 atom stereocenters. The van der Waals surface area contributed by atoms with Crippen LogP contribution in [0.3, 0.4) is 0 Å². The van der Waals surface area contributed by atoms with Crippen LogP contribution < -0.4 is 10.0 Å². The van der Waals surface area contributed by atoms with Crippen molar-refractivity contribution in [3.63, 3.8) is 0 Å². The first-order valence-corrected chi connectivity index (χ1v) is 7.31. The van der Waals surface area contributed by atoms with Crippen LogP contribution in [0.1, 0.15) is 20.3 Å². The minimum absolute atomic E-state index is 0.118. The van der Waals surface area contributed by atoms with Crippen molar-refractivity contribution in [2.24, 2.45) is 0 Å². The summed E-state index contributed by atoms with van der Waals surface area (Å²) in [7, 11) is 0.0509. The highest BCUT2D eigenvalue weighted by molar-refractivity contribution is 7.87. The molecule has 2 N–H and O–H groups in total. The predicted molar refractivity (Wildman–Crippen MR) is 69.2 cm³/mol. The van der Waals surface area contributed by atoms with E-state index in [2.05, 4.69) is 10.0 Å². The summed E-state index contributed by atoms with van der Waals surface area (Å²) in [4.78, 5) is 0. The topological polar surface area (TPSA) is 70.7 Å². The molecule has 17 heavy (non-hydrogen) atoms. The van der Waals surface area contributed by atoms with Gasteiger partial charge in [-0.05, 0) is 33.9 Å². The Balaban J connectivity index is 3.85. The van der Waals surface area contributed by atoms with E-state index >= 15 is 0 Å². The molecule has 0 aliphatic heterocycles. The first-order valence-electron chi connectivity index (χ1n) is 5.87. The lowest BCUT2D eigenvalue weighted by atomic mass is 10.4. The maximum absolute atomic E-state index is 11.7. The van der Waals surface area contributed by atoms with Crippen LogP contribution in [0.5, 0.6) is 0 Å². The fraction of sp³-hybridized carbons (Fsp3) is 1.00. The van der Waals surface area contributed by atoms with Crippen LogP contribution in [-0.2, 0) is 14.9 Å². The van der Waals surface area contributed by atoms with Crippen molar-refractivity contribution in [3.8, 4) is 0 Å². The Bertz CT molecular complexity index is 281. The van der Waals surface area contributed by atoms with Crippen molar-refractivity contribution >= 4 is 10.2 Å². The summed E-state index contributed by atoms with van der Waals surface area (Å²) >= 11 is 0. The maximum atomic E-state index is 11.7.